The molecule has 2 aromatic carbocycles. The number of hydrogen-bond acceptors (Lipinski definition) is 3. The largest absolute Gasteiger partial charge is 0.372 e. The molecule has 4 nitrogen and oxygen atoms in total. The predicted octanol–water partition coefficient (Wildman–Crippen LogP) is 4.45. The van der Waals surface area contributed by atoms with Crippen LogP contribution in [0.3, 0.4) is 0 Å². The van der Waals surface area contributed by atoms with Crippen LogP contribution in [0.4, 0.5) is 0 Å². The molecule has 1 amide bonds. The number of aliphatic hydroxyl groups is 1. The number of allylic oxidation sites excluding steroid dienone is 1. The molecule has 0 spiro atoms. The van der Waals surface area contributed by atoms with E-state index in [1.54, 1.807) is 0 Å². The standard InChI is InChI=1S/C28H36N2O2/c1-21(2)11-10-18-30-19-22-16-17-23(20-30)26(22)29(3)27(31)28(32,24-12-6-4-7-13-24)25-14-8-5-9-15-25/h4-9,11-15,22-23,26,32H,10,16-20H2,1-3H3. The molecular weight excluding hydrogens is 396 g/mol. The summed E-state index contributed by atoms with van der Waals surface area (Å²) >= 11 is 0. The number of likely N-dealkylation sites (tertiary alicyclic amines) is 1. The van der Waals surface area contributed by atoms with Gasteiger partial charge in [0.2, 0.25) is 0 Å². The second kappa shape index (κ2) is 9.60. The Morgan fingerprint density at radius 3 is 1.97 bits per heavy atom. The molecule has 2 fully saturated rings. The van der Waals surface area contributed by atoms with E-state index in [4.69, 9.17) is 0 Å². The number of benzene rings is 2. The molecule has 0 radical (unpaired) electrons. The Bertz CT molecular complexity index is 883. The first kappa shape index (κ1) is 22.8. The Morgan fingerprint density at radius 2 is 1.50 bits per heavy atom. The van der Waals surface area contributed by atoms with E-state index in [-0.39, 0.29) is 11.9 Å². The van der Waals surface area contributed by atoms with Crippen molar-refractivity contribution in [3.63, 3.8) is 0 Å². The van der Waals surface area contributed by atoms with Gasteiger partial charge in [0.25, 0.3) is 5.91 Å². The van der Waals surface area contributed by atoms with E-state index in [1.807, 2.05) is 72.6 Å². The number of fused-ring (bicyclic) bond motifs is 2. The quantitative estimate of drug-likeness (QED) is 0.658. The molecule has 2 unspecified atom stereocenters. The summed E-state index contributed by atoms with van der Waals surface area (Å²) in [6.07, 6.45) is 5.70. The van der Waals surface area contributed by atoms with Crippen molar-refractivity contribution in [3.8, 4) is 0 Å². The predicted molar refractivity (Wildman–Crippen MR) is 129 cm³/mol. The Morgan fingerprint density at radius 1 is 1.00 bits per heavy atom. The summed E-state index contributed by atoms with van der Waals surface area (Å²) in [5, 5.41) is 11.9. The lowest BCUT2D eigenvalue weighted by Gasteiger charge is -2.44. The van der Waals surface area contributed by atoms with E-state index in [0.29, 0.717) is 23.0 Å². The van der Waals surface area contributed by atoms with Gasteiger partial charge in [-0.15, -0.1) is 0 Å². The van der Waals surface area contributed by atoms with Crippen LogP contribution in [0.1, 0.15) is 44.2 Å². The summed E-state index contributed by atoms with van der Waals surface area (Å²) in [5.41, 5.74) is 0.926. The van der Waals surface area contributed by atoms with Gasteiger partial charge in [0.05, 0.1) is 0 Å². The molecule has 32 heavy (non-hydrogen) atoms. The lowest BCUT2D eigenvalue weighted by Crippen LogP contribution is -2.57. The van der Waals surface area contributed by atoms with Crippen molar-refractivity contribution in [2.24, 2.45) is 11.8 Å². The van der Waals surface area contributed by atoms with Gasteiger partial charge >= 0.3 is 0 Å². The van der Waals surface area contributed by atoms with E-state index in [1.165, 1.54) is 5.57 Å². The fourth-order valence-corrected chi connectivity index (χ4v) is 5.80. The van der Waals surface area contributed by atoms with Crippen molar-refractivity contribution in [2.75, 3.05) is 26.7 Å². The lowest BCUT2D eigenvalue weighted by molar-refractivity contribution is -0.151. The molecule has 0 aromatic heterocycles. The average Bonchev–Trinajstić information content (AvgIpc) is 3.08. The zero-order valence-electron chi connectivity index (χ0n) is 19.6. The topological polar surface area (TPSA) is 43.8 Å². The van der Waals surface area contributed by atoms with E-state index < -0.39 is 5.60 Å². The molecule has 1 saturated carbocycles. The van der Waals surface area contributed by atoms with Crippen LogP contribution in [-0.2, 0) is 10.4 Å². The highest BCUT2D eigenvalue weighted by Gasteiger charge is 2.49. The molecule has 1 heterocycles. The highest BCUT2D eigenvalue weighted by Crippen LogP contribution is 2.42. The zero-order valence-corrected chi connectivity index (χ0v) is 19.6. The molecule has 2 aromatic rings. The highest BCUT2D eigenvalue weighted by molar-refractivity contribution is 5.90. The molecule has 4 heteroatoms. The molecule has 2 aliphatic rings. The minimum absolute atomic E-state index is 0.182. The third-order valence-corrected chi connectivity index (χ3v) is 7.32. The van der Waals surface area contributed by atoms with Crippen LogP contribution >= 0.6 is 0 Å². The van der Waals surface area contributed by atoms with Gasteiger partial charge in [0, 0.05) is 32.7 Å². The van der Waals surface area contributed by atoms with E-state index >= 15 is 0 Å². The number of piperidine rings is 1. The van der Waals surface area contributed by atoms with Crippen LogP contribution in [0.15, 0.2) is 72.3 Å². The van der Waals surface area contributed by atoms with E-state index in [9.17, 15) is 9.90 Å². The monoisotopic (exact) mass is 432 g/mol. The smallest absolute Gasteiger partial charge is 0.263 e. The van der Waals surface area contributed by atoms with Crippen molar-refractivity contribution >= 4 is 5.91 Å². The molecule has 1 saturated heterocycles. The van der Waals surface area contributed by atoms with Crippen LogP contribution in [0.5, 0.6) is 0 Å². The van der Waals surface area contributed by atoms with E-state index in [0.717, 1.165) is 38.9 Å². The van der Waals surface area contributed by atoms with Crippen molar-refractivity contribution in [2.45, 2.75) is 44.8 Å². The third kappa shape index (κ3) is 4.39. The van der Waals surface area contributed by atoms with Crippen molar-refractivity contribution < 1.29 is 9.90 Å². The fourth-order valence-electron chi connectivity index (χ4n) is 5.80. The number of amides is 1. The Labute approximate surface area is 192 Å². The Kier molecular flexibility index (Phi) is 6.82. The van der Waals surface area contributed by atoms with Gasteiger partial charge in [-0.1, -0.05) is 72.3 Å². The number of hydrogen-bond donors (Lipinski definition) is 1. The van der Waals surface area contributed by atoms with E-state index in [2.05, 4.69) is 24.8 Å². The summed E-state index contributed by atoms with van der Waals surface area (Å²) in [5.74, 6) is 0.699. The number of likely N-dealkylation sites (N-methyl/N-ethyl adjacent to an activating group) is 1. The molecule has 2 bridgehead atoms. The number of carbonyl (C=O) groups excluding carboxylic acids is 1. The van der Waals surface area contributed by atoms with Gasteiger partial charge in [-0.05, 0) is 56.1 Å². The van der Waals surface area contributed by atoms with Gasteiger partial charge < -0.3 is 14.9 Å². The number of nitrogens with zero attached hydrogens (tertiary/aromatic N) is 2. The number of rotatable bonds is 7. The minimum Gasteiger partial charge on any atom is -0.372 e. The molecule has 1 N–H and O–H groups in total. The maximum atomic E-state index is 14.0. The Balaban J connectivity index is 1.56. The maximum Gasteiger partial charge on any atom is 0.263 e. The first-order valence-electron chi connectivity index (χ1n) is 11.9. The molecule has 170 valence electrons. The Hall–Kier alpha value is -2.43. The van der Waals surface area contributed by atoms with Crippen LogP contribution in [0.25, 0.3) is 0 Å². The van der Waals surface area contributed by atoms with Crippen LogP contribution < -0.4 is 0 Å². The minimum atomic E-state index is -1.68. The second-order valence-electron chi connectivity index (χ2n) is 9.78. The van der Waals surface area contributed by atoms with Crippen LogP contribution in [-0.4, -0.2) is 53.5 Å². The van der Waals surface area contributed by atoms with Crippen molar-refractivity contribution in [3.05, 3.63) is 83.4 Å². The molecular formula is C28H36N2O2. The van der Waals surface area contributed by atoms with Gasteiger partial charge in [0.1, 0.15) is 0 Å². The second-order valence-corrected chi connectivity index (χ2v) is 9.78. The third-order valence-electron chi connectivity index (χ3n) is 7.32. The number of carbonyl (C=O) groups is 1. The van der Waals surface area contributed by atoms with Gasteiger partial charge in [0.15, 0.2) is 5.60 Å². The average molecular weight is 433 g/mol. The molecule has 2 atom stereocenters. The molecule has 4 rings (SSSR count). The summed E-state index contributed by atoms with van der Waals surface area (Å²) in [7, 11) is 1.90. The lowest BCUT2D eigenvalue weighted by atomic mass is 9.83. The first-order valence-corrected chi connectivity index (χ1v) is 11.9. The zero-order chi connectivity index (χ0) is 22.7. The van der Waals surface area contributed by atoms with Gasteiger partial charge in [-0.2, -0.15) is 0 Å². The van der Waals surface area contributed by atoms with Crippen molar-refractivity contribution in [1.82, 2.24) is 9.80 Å². The summed E-state index contributed by atoms with van der Waals surface area (Å²) in [6, 6.07) is 18.9. The maximum absolute atomic E-state index is 14.0. The summed E-state index contributed by atoms with van der Waals surface area (Å²) in [6.45, 7) is 7.45. The fraction of sp³-hybridized carbons (Fsp3) is 0.464. The normalized spacial score (nSPS) is 23.1. The van der Waals surface area contributed by atoms with Crippen molar-refractivity contribution in [1.29, 1.82) is 0 Å². The van der Waals surface area contributed by atoms with Crippen LogP contribution in [0, 0.1) is 11.8 Å². The molecule has 1 aliphatic carbocycles. The molecule has 1 aliphatic heterocycles. The van der Waals surface area contributed by atoms with Gasteiger partial charge in [-0.25, -0.2) is 0 Å². The SMILES string of the molecule is CC(C)=CCCN1CC2CCC(C1)C2N(C)C(=O)C(O)(c1ccccc1)c1ccccc1. The highest BCUT2D eigenvalue weighted by atomic mass is 16.3. The first-order chi connectivity index (χ1) is 15.4. The summed E-state index contributed by atoms with van der Waals surface area (Å²) in [4.78, 5) is 18.4. The van der Waals surface area contributed by atoms with Gasteiger partial charge in [-0.3, -0.25) is 4.79 Å². The van der Waals surface area contributed by atoms with Crippen LogP contribution in [0.2, 0.25) is 0 Å². The summed E-state index contributed by atoms with van der Waals surface area (Å²) < 4.78 is 0.